The molecule has 0 unspecified atom stereocenters. The molecule has 3 heteroatoms. The normalized spacial score (nSPS) is 9.80. The van der Waals surface area contributed by atoms with Gasteiger partial charge in [0.05, 0.1) is 11.8 Å². The van der Waals surface area contributed by atoms with Crippen molar-refractivity contribution in [1.29, 1.82) is 0 Å². The molecule has 0 atom stereocenters. The van der Waals surface area contributed by atoms with Crippen LogP contribution in [0.3, 0.4) is 0 Å². The molecule has 3 N–H and O–H groups in total. The first-order chi connectivity index (χ1) is 9.36. The first-order valence-electron chi connectivity index (χ1n) is 6.09. The first kappa shape index (κ1) is 13.8. The molecule has 1 aromatic heterocycles. The summed E-state index contributed by atoms with van der Waals surface area (Å²) in [4.78, 5) is 12.0. The summed E-state index contributed by atoms with van der Waals surface area (Å²) in [5, 5.41) is 0. The second kappa shape index (κ2) is 5.99. The third-order valence-corrected chi connectivity index (χ3v) is 3.03. The van der Waals surface area contributed by atoms with Crippen LogP contribution in [-0.4, -0.2) is 0 Å². The van der Waals surface area contributed by atoms with Gasteiger partial charge in [0.15, 0.2) is 0 Å². The molecule has 1 heterocycles. The second-order valence-corrected chi connectivity index (χ2v) is 4.23. The van der Waals surface area contributed by atoms with E-state index in [-0.39, 0.29) is 11.8 Å². The van der Waals surface area contributed by atoms with E-state index in [0.717, 1.165) is 16.7 Å². The predicted octanol–water partition coefficient (Wildman–Crippen LogP) is 4.14. The van der Waals surface area contributed by atoms with Crippen molar-refractivity contribution in [2.24, 2.45) is 0 Å². The molecule has 0 aliphatic heterocycles. The van der Waals surface area contributed by atoms with Gasteiger partial charge in [-0.15, -0.1) is 0 Å². The van der Waals surface area contributed by atoms with Crippen LogP contribution in [0.2, 0.25) is 0 Å². The zero-order valence-electron chi connectivity index (χ0n) is 11.0. The molecule has 0 amide bonds. The van der Waals surface area contributed by atoms with E-state index in [1.54, 1.807) is 0 Å². The summed E-state index contributed by atoms with van der Waals surface area (Å²) in [7, 11) is 0. The van der Waals surface area contributed by atoms with Gasteiger partial charge in [-0.2, -0.15) is 0 Å². The average molecular weight is 265 g/mol. The molecular formula is C17H15NO2. The Morgan fingerprint density at radius 1 is 0.700 bits per heavy atom. The van der Waals surface area contributed by atoms with Crippen LogP contribution in [-0.2, 0) is 0 Å². The molecule has 0 fully saturated rings. The molecule has 0 radical (unpaired) electrons. The van der Waals surface area contributed by atoms with Crippen LogP contribution in [0.5, 0.6) is 0 Å². The topological polar surface area (TPSA) is 65.2 Å². The van der Waals surface area contributed by atoms with Gasteiger partial charge in [-0.25, -0.2) is 4.79 Å². The molecule has 2 aromatic carbocycles. The van der Waals surface area contributed by atoms with E-state index in [0.29, 0.717) is 5.56 Å². The van der Waals surface area contributed by atoms with Crippen molar-refractivity contribution < 1.29 is 4.42 Å². The maximum atomic E-state index is 12.0. The number of rotatable bonds is 2. The Labute approximate surface area is 117 Å². The van der Waals surface area contributed by atoms with Crippen LogP contribution in [0.1, 0.15) is 0 Å². The Bertz CT molecular complexity index is 734. The van der Waals surface area contributed by atoms with Crippen LogP contribution in [0.15, 0.2) is 82.2 Å². The highest BCUT2D eigenvalue weighted by molar-refractivity contribution is 5.82. The zero-order chi connectivity index (χ0) is 13.1. The molecule has 3 aromatic rings. The highest BCUT2D eigenvalue weighted by Crippen LogP contribution is 2.28. The molecular weight excluding hydrogens is 250 g/mol. The molecule has 0 aliphatic carbocycles. The van der Waals surface area contributed by atoms with Crippen molar-refractivity contribution in [3.63, 3.8) is 0 Å². The zero-order valence-corrected chi connectivity index (χ0v) is 11.0. The lowest BCUT2D eigenvalue weighted by Crippen LogP contribution is -2.04. The van der Waals surface area contributed by atoms with E-state index in [1.165, 1.54) is 6.26 Å². The summed E-state index contributed by atoms with van der Waals surface area (Å²) in [6, 6.07) is 21.3. The highest BCUT2D eigenvalue weighted by Gasteiger charge is 2.11. The van der Waals surface area contributed by atoms with Gasteiger partial charge < -0.3 is 10.6 Å². The lowest BCUT2D eigenvalue weighted by molar-refractivity contribution is 0.514. The number of hydrogen-bond acceptors (Lipinski definition) is 3. The molecule has 3 nitrogen and oxygen atoms in total. The lowest BCUT2D eigenvalue weighted by atomic mass is 9.97. The van der Waals surface area contributed by atoms with Crippen LogP contribution < -0.4 is 11.8 Å². The summed E-state index contributed by atoms with van der Waals surface area (Å²) in [5.74, 6) is 0. The second-order valence-electron chi connectivity index (χ2n) is 4.23. The maximum Gasteiger partial charge on any atom is 0.344 e. The fraction of sp³-hybridized carbons (Fsp3) is 0. The Morgan fingerprint density at radius 3 is 1.85 bits per heavy atom. The quantitative estimate of drug-likeness (QED) is 0.757. The first-order valence-corrected chi connectivity index (χ1v) is 6.09. The van der Waals surface area contributed by atoms with Gasteiger partial charge in [-0.1, -0.05) is 60.7 Å². The van der Waals surface area contributed by atoms with Gasteiger partial charge in [0.25, 0.3) is 0 Å². The fourth-order valence-corrected chi connectivity index (χ4v) is 2.15. The van der Waals surface area contributed by atoms with E-state index >= 15 is 0 Å². The monoisotopic (exact) mass is 265 g/mol. The van der Waals surface area contributed by atoms with Gasteiger partial charge in [-0.05, 0) is 22.8 Å². The maximum absolute atomic E-state index is 12.0. The van der Waals surface area contributed by atoms with E-state index in [2.05, 4.69) is 0 Å². The molecule has 0 aliphatic rings. The van der Waals surface area contributed by atoms with E-state index < -0.39 is 0 Å². The largest absolute Gasteiger partial charge is 0.431 e. The minimum Gasteiger partial charge on any atom is -0.431 e. The van der Waals surface area contributed by atoms with E-state index in [4.69, 9.17) is 4.42 Å². The predicted molar refractivity (Wildman–Crippen MR) is 80.9 cm³/mol. The SMILES string of the molecule is N.O=c1occc(-c2ccccc2)c1-c1ccccc1. The Balaban J connectivity index is 0.00000147. The summed E-state index contributed by atoms with van der Waals surface area (Å²) in [6.45, 7) is 0. The molecule has 0 bridgehead atoms. The summed E-state index contributed by atoms with van der Waals surface area (Å²) in [5.41, 5.74) is 3.06. The Kier molecular flexibility index (Phi) is 4.13. The van der Waals surface area contributed by atoms with E-state index in [1.807, 2.05) is 66.7 Å². The fourth-order valence-electron chi connectivity index (χ4n) is 2.15. The van der Waals surface area contributed by atoms with Crippen molar-refractivity contribution in [1.82, 2.24) is 6.15 Å². The average Bonchev–Trinajstić information content (AvgIpc) is 2.49. The summed E-state index contributed by atoms with van der Waals surface area (Å²) < 4.78 is 5.02. The third-order valence-electron chi connectivity index (χ3n) is 3.03. The minimum absolute atomic E-state index is 0. The Morgan fingerprint density at radius 2 is 1.25 bits per heavy atom. The molecule has 100 valence electrons. The number of hydrogen-bond donors (Lipinski definition) is 1. The van der Waals surface area contributed by atoms with Gasteiger partial charge >= 0.3 is 5.63 Å². The molecule has 3 rings (SSSR count). The lowest BCUT2D eigenvalue weighted by Gasteiger charge is -2.07. The van der Waals surface area contributed by atoms with Gasteiger partial charge in [-0.3, -0.25) is 0 Å². The summed E-state index contributed by atoms with van der Waals surface area (Å²) >= 11 is 0. The molecule has 0 saturated heterocycles. The van der Waals surface area contributed by atoms with Crippen LogP contribution >= 0.6 is 0 Å². The van der Waals surface area contributed by atoms with Gasteiger partial charge in [0.1, 0.15) is 0 Å². The third kappa shape index (κ3) is 2.53. The summed E-state index contributed by atoms with van der Waals surface area (Å²) in [6.07, 6.45) is 1.44. The van der Waals surface area contributed by atoms with Crippen molar-refractivity contribution in [3.8, 4) is 22.3 Å². The Hall–Kier alpha value is -2.65. The van der Waals surface area contributed by atoms with Crippen molar-refractivity contribution >= 4 is 0 Å². The van der Waals surface area contributed by atoms with Crippen molar-refractivity contribution in [2.75, 3.05) is 0 Å². The highest BCUT2D eigenvalue weighted by atomic mass is 16.4. The molecule has 0 saturated carbocycles. The van der Waals surface area contributed by atoms with Crippen LogP contribution in [0.25, 0.3) is 22.3 Å². The smallest absolute Gasteiger partial charge is 0.344 e. The van der Waals surface area contributed by atoms with Gasteiger partial charge in [0, 0.05) is 0 Å². The number of benzene rings is 2. The van der Waals surface area contributed by atoms with E-state index in [9.17, 15) is 4.79 Å². The van der Waals surface area contributed by atoms with Crippen molar-refractivity contribution in [2.45, 2.75) is 0 Å². The molecule has 0 spiro atoms. The van der Waals surface area contributed by atoms with Gasteiger partial charge in [0.2, 0.25) is 0 Å². The van der Waals surface area contributed by atoms with Crippen molar-refractivity contribution in [3.05, 3.63) is 83.4 Å². The van der Waals surface area contributed by atoms with Crippen LogP contribution in [0.4, 0.5) is 0 Å². The van der Waals surface area contributed by atoms with Crippen LogP contribution in [0, 0.1) is 0 Å². The standard InChI is InChI=1S/C17H12O2.H3N/c18-17-16(14-9-5-2-6-10-14)15(11-12-19-17)13-7-3-1-4-8-13;/h1-12H;1H3. The molecule has 20 heavy (non-hydrogen) atoms. The minimum atomic E-state index is -0.312.